The van der Waals surface area contributed by atoms with E-state index in [1.165, 1.54) is 19.3 Å². The van der Waals surface area contributed by atoms with E-state index in [0.717, 1.165) is 50.2 Å². The van der Waals surface area contributed by atoms with Gasteiger partial charge in [0.2, 0.25) is 0 Å². The number of halogens is 1. The molecule has 2 aliphatic rings. The fourth-order valence-corrected chi connectivity index (χ4v) is 7.02. The first-order chi connectivity index (χ1) is 17.3. The molecule has 1 aliphatic carbocycles. The number of hydrogen-bond donors (Lipinski definition) is 1. The number of nitrogens with zero attached hydrogens (tertiary/aromatic N) is 2. The van der Waals surface area contributed by atoms with Crippen molar-refractivity contribution in [2.24, 2.45) is 5.92 Å². The van der Waals surface area contributed by atoms with E-state index in [9.17, 15) is 4.79 Å². The second-order valence-electron chi connectivity index (χ2n) is 10.1. The van der Waals surface area contributed by atoms with Gasteiger partial charge in [-0.1, -0.05) is 67.4 Å². The molecule has 0 bridgehead atoms. The molecule has 0 radical (unpaired) electrons. The lowest BCUT2D eigenvalue weighted by Gasteiger charge is -2.39. The molecule has 1 aromatic heterocycles. The zero-order valence-electron chi connectivity index (χ0n) is 21.4. The summed E-state index contributed by atoms with van der Waals surface area (Å²) >= 11 is 8.06. The molecular formula is C30H34ClN3OS. The molecule has 1 amide bonds. The predicted octanol–water partition coefficient (Wildman–Crippen LogP) is 7.95. The van der Waals surface area contributed by atoms with Crippen molar-refractivity contribution in [2.45, 2.75) is 64.9 Å². The number of aromatic nitrogens is 1. The molecule has 2 heterocycles. The molecule has 3 atom stereocenters. The van der Waals surface area contributed by atoms with Gasteiger partial charge in [0.05, 0.1) is 4.91 Å². The number of benzene rings is 2. The van der Waals surface area contributed by atoms with Gasteiger partial charge >= 0.3 is 0 Å². The third-order valence-electron chi connectivity index (χ3n) is 7.66. The lowest BCUT2D eigenvalue weighted by Crippen LogP contribution is -2.48. The lowest BCUT2D eigenvalue weighted by molar-refractivity contribution is -0.129. The van der Waals surface area contributed by atoms with Crippen LogP contribution in [0, 0.1) is 26.7 Å². The van der Waals surface area contributed by atoms with E-state index < -0.39 is 0 Å². The molecular weight excluding hydrogens is 486 g/mol. The standard InChI is InChI=1S/C30H34ClN3OS/c1-19-11-8-9-15-26(19)34-29(35)28(36-30(34)32-24-12-6-5-7-13-24)18-23-17-20(2)33(22(23)4)27-16-10-14-25(31)21(27)3/h5-7,10,12-14,16-19,26,30,32H,8-9,11,15H2,1-4H3/b28-18-/t19-,26+,30?/m1/s1. The molecule has 1 saturated carbocycles. The molecule has 2 aromatic carbocycles. The van der Waals surface area contributed by atoms with E-state index in [1.54, 1.807) is 11.8 Å². The maximum Gasteiger partial charge on any atom is 0.262 e. The van der Waals surface area contributed by atoms with Gasteiger partial charge in [-0.2, -0.15) is 0 Å². The van der Waals surface area contributed by atoms with Gasteiger partial charge in [0.1, 0.15) is 0 Å². The minimum Gasteiger partial charge on any atom is -0.356 e. The lowest BCUT2D eigenvalue weighted by atomic mass is 9.85. The summed E-state index contributed by atoms with van der Waals surface area (Å²) in [6.45, 7) is 8.57. The topological polar surface area (TPSA) is 37.3 Å². The van der Waals surface area contributed by atoms with Gasteiger partial charge in [-0.3, -0.25) is 4.79 Å². The van der Waals surface area contributed by atoms with Crippen molar-refractivity contribution in [1.29, 1.82) is 0 Å². The number of rotatable bonds is 5. The molecule has 6 heteroatoms. The van der Waals surface area contributed by atoms with Crippen LogP contribution in [0.2, 0.25) is 5.02 Å². The van der Waals surface area contributed by atoms with Crippen molar-refractivity contribution >= 4 is 41.0 Å². The molecule has 1 saturated heterocycles. The number of carbonyl (C=O) groups excluding carboxylic acids is 1. The van der Waals surface area contributed by atoms with Gasteiger partial charge in [-0.15, -0.1) is 0 Å². The molecule has 3 aromatic rings. The average molecular weight is 520 g/mol. The van der Waals surface area contributed by atoms with Crippen molar-refractivity contribution in [3.05, 3.63) is 87.0 Å². The summed E-state index contributed by atoms with van der Waals surface area (Å²) in [6, 6.07) is 18.6. The monoisotopic (exact) mass is 519 g/mol. The molecule has 4 nitrogen and oxygen atoms in total. The van der Waals surface area contributed by atoms with E-state index in [-0.39, 0.29) is 17.4 Å². The fourth-order valence-electron chi connectivity index (χ4n) is 5.65. The van der Waals surface area contributed by atoms with Gasteiger partial charge in [-0.25, -0.2) is 0 Å². The normalized spacial score (nSPS) is 23.5. The number of nitrogens with one attached hydrogen (secondary N) is 1. The second kappa shape index (κ2) is 10.4. The first kappa shape index (κ1) is 25.0. The Balaban J connectivity index is 1.51. The SMILES string of the molecule is Cc1c(Cl)cccc1-n1c(C)cc(/C=C2\SC(Nc3ccccc3)N([C@H]3CCCC[C@H]3C)C2=O)c1C. The highest BCUT2D eigenvalue weighted by Gasteiger charge is 2.43. The number of carbonyl (C=O) groups is 1. The van der Waals surface area contributed by atoms with E-state index in [4.69, 9.17) is 11.6 Å². The molecule has 1 unspecified atom stereocenters. The Labute approximate surface area is 223 Å². The van der Waals surface area contributed by atoms with Crippen LogP contribution in [-0.2, 0) is 4.79 Å². The highest BCUT2D eigenvalue weighted by molar-refractivity contribution is 8.05. The van der Waals surface area contributed by atoms with E-state index >= 15 is 0 Å². The number of anilines is 1. The summed E-state index contributed by atoms with van der Waals surface area (Å²) < 4.78 is 2.23. The van der Waals surface area contributed by atoms with Crippen LogP contribution in [0.3, 0.4) is 0 Å². The summed E-state index contributed by atoms with van der Waals surface area (Å²) in [4.78, 5) is 16.8. The quantitative estimate of drug-likeness (QED) is 0.347. The van der Waals surface area contributed by atoms with Crippen LogP contribution in [0.5, 0.6) is 0 Å². The van der Waals surface area contributed by atoms with Crippen LogP contribution in [-0.4, -0.2) is 26.9 Å². The van der Waals surface area contributed by atoms with Crippen molar-refractivity contribution in [1.82, 2.24) is 9.47 Å². The number of para-hydroxylation sites is 1. The molecule has 2 fully saturated rings. The van der Waals surface area contributed by atoms with Crippen LogP contribution < -0.4 is 5.32 Å². The third kappa shape index (κ3) is 4.71. The predicted molar refractivity (Wildman–Crippen MR) is 153 cm³/mol. The van der Waals surface area contributed by atoms with Crippen molar-refractivity contribution in [2.75, 3.05) is 5.32 Å². The van der Waals surface area contributed by atoms with Gasteiger partial charge in [0, 0.05) is 33.8 Å². The van der Waals surface area contributed by atoms with Crippen LogP contribution in [0.1, 0.15) is 55.1 Å². The maximum atomic E-state index is 13.9. The Morgan fingerprint density at radius 3 is 2.53 bits per heavy atom. The third-order valence-corrected chi connectivity index (χ3v) is 9.18. The van der Waals surface area contributed by atoms with Gasteiger partial charge in [0.25, 0.3) is 5.91 Å². The van der Waals surface area contributed by atoms with Gasteiger partial charge in [0.15, 0.2) is 5.50 Å². The van der Waals surface area contributed by atoms with Crippen molar-refractivity contribution < 1.29 is 4.79 Å². The largest absolute Gasteiger partial charge is 0.356 e. The molecule has 0 spiro atoms. The molecule has 1 N–H and O–H groups in total. The van der Waals surface area contributed by atoms with E-state index in [0.29, 0.717) is 5.92 Å². The van der Waals surface area contributed by atoms with Crippen LogP contribution >= 0.6 is 23.4 Å². The highest BCUT2D eigenvalue weighted by Crippen LogP contribution is 2.42. The van der Waals surface area contributed by atoms with Gasteiger partial charge < -0.3 is 14.8 Å². The summed E-state index contributed by atoms with van der Waals surface area (Å²) in [5.41, 5.74) is 6.35. The number of thioether (sulfide) groups is 1. The number of aryl methyl sites for hydroxylation is 1. The first-order valence-corrected chi connectivity index (χ1v) is 14.1. The molecule has 1 aliphatic heterocycles. The summed E-state index contributed by atoms with van der Waals surface area (Å²) in [7, 11) is 0. The Bertz CT molecular complexity index is 1300. The van der Waals surface area contributed by atoms with E-state index in [2.05, 4.69) is 65.9 Å². The Kier molecular flexibility index (Phi) is 7.23. The number of hydrogen-bond acceptors (Lipinski definition) is 3. The van der Waals surface area contributed by atoms with E-state index in [1.807, 2.05) is 37.3 Å². The zero-order chi connectivity index (χ0) is 25.4. The second-order valence-corrected chi connectivity index (χ2v) is 11.6. The maximum absolute atomic E-state index is 13.9. The Morgan fingerprint density at radius 2 is 1.78 bits per heavy atom. The Hall–Kier alpha value is -2.63. The van der Waals surface area contributed by atoms with Crippen molar-refractivity contribution in [3.63, 3.8) is 0 Å². The first-order valence-electron chi connectivity index (χ1n) is 12.8. The fraction of sp³-hybridized carbons (Fsp3) is 0.367. The molecule has 36 heavy (non-hydrogen) atoms. The van der Waals surface area contributed by atoms with Crippen molar-refractivity contribution in [3.8, 4) is 5.69 Å². The molecule has 5 rings (SSSR count). The van der Waals surface area contributed by atoms with Crippen LogP contribution in [0.25, 0.3) is 11.8 Å². The summed E-state index contributed by atoms with van der Waals surface area (Å²) in [6.07, 6.45) is 6.76. The summed E-state index contributed by atoms with van der Waals surface area (Å²) in [5, 5.41) is 4.39. The van der Waals surface area contributed by atoms with Crippen LogP contribution in [0.15, 0.2) is 59.5 Å². The number of amides is 1. The zero-order valence-corrected chi connectivity index (χ0v) is 23.0. The van der Waals surface area contributed by atoms with Gasteiger partial charge in [-0.05, 0) is 87.1 Å². The minimum absolute atomic E-state index is 0.115. The minimum atomic E-state index is -0.115. The molecule has 188 valence electrons. The van der Waals surface area contributed by atoms with Crippen LogP contribution in [0.4, 0.5) is 5.69 Å². The Morgan fingerprint density at radius 1 is 1.03 bits per heavy atom. The highest BCUT2D eigenvalue weighted by atomic mass is 35.5. The smallest absolute Gasteiger partial charge is 0.262 e. The summed E-state index contributed by atoms with van der Waals surface area (Å²) in [5.74, 6) is 0.634. The average Bonchev–Trinajstić information content (AvgIpc) is 3.31.